The lowest BCUT2D eigenvalue weighted by Gasteiger charge is -2.29. The van der Waals surface area contributed by atoms with Crippen molar-refractivity contribution in [2.24, 2.45) is 5.73 Å². The highest BCUT2D eigenvalue weighted by Gasteiger charge is 2.38. The lowest BCUT2D eigenvalue weighted by molar-refractivity contribution is -0.136. The number of carbonyl (C=O) groups excluding carboxylic acids is 3. The van der Waals surface area contributed by atoms with Crippen LogP contribution in [0.3, 0.4) is 0 Å². The van der Waals surface area contributed by atoms with Crippen molar-refractivity contribution in [1.29, 1.82) is 0 Å². The number of rotatable bonds is 6. The van der Waals surface area contributed by atoms with Crippen molar-refractivity contribution >= 4 is 17.7 Å². The molecule has 6 heteroatoms. The molecule has 0 spiro atoms. The van der Waals surface area contributed by atoms with E-state index in [1.54, 1.807) is 4.90 Å². The van der Waals surface area contributed by atoms with Gasteiger partial charge in [-0.1, -0.05) is 18.6 Å². The van der Waals surface area contributed by atoms with E-state index in [9.17, 15) is 14.4 Å². The fraction of sp³-hybridized carbons (Fsp3) is 0.500. The molecule has 6 nitrogen and oxygen atoms in total. The summed E-state index contributed by atoms with van der Waals surface area (Å²) in [6, 6.07) is 5.38. The second kappa shape index (κ2) is 7.13. The minimum absolute atomic E-state index is 0.116. The van der Waals surface area contributed by atoms with Crippen LogP contribution in [-0.4, -0.2) is 35.2 Å². The third kappa shape index (κ3) is 3.33. The normalized spacial score (nSPS) is 20.3. The van der Waals surface area contributed by atoms with E-state index in [1.807, 2.05) is 12.1 Å². The lowest BCUT2D eigenvalue weighted by Crippen LogP contribution is -2.52. The molecule has 0 bridgehead atoms. The van der Waals surface area contributed by atoms with Gasteiger partial charge in [-0.2, -0.15) is 0 Å². The molecule has 1 fully saturated rings. The maximum atomic E-state index is 12.6. The Hall–Kier alpha value is -2.21. The second-order valence-electron chi connectivity index (χ2n) is 6.49. The molecule has 1 saturated heterocycles. The summed E-state index contributed by atoms with van der Waals surface area (Å²) >= 11 is 0. The van der Waals surface area contributed by atoms with Crippen LogP contribution in [0.15, 0.2) is 18.2 Å². The number of piperidine rings is 1. The Morgan fingerprint density at radius 2 is 2.00 bits per heavy atom. The summed E-state index contributed by atoms with van der Waals surface area (Å²) in [5, 5.41) is 2.32. The number of hydrogen-bond donors (Lipinski definition) is 2. The molecule has 0 radical (unpaired) electrons. The van der Waals surface area contributed by atoms with Crippen molar-refractivity contribution in [2.45, 2.75) is 51.1 Å². The Kier molecular flexibility index (Phi) is 4.94. The lowest BCUT2D eigenvalue weighted by atomic mass is 10.0. The van der Waals surface area contributed by atoms with Crippen molar-refractivity contribution in [3.05, 3.63) is 34.9 Å². The number of carbonyl (C=O) groups is 3. The average Bonchev–Trinajstić information content (AvgIpc) is 2.88. The molecule has 0 aromatic heterocycles. The minimum atomic E-state index is -0.546. The standard InChI is InChI=1S/C18H23N3O3/c19-9-3-1-2-4-12-5-6-14-13(10-12)11-21(18(14)24)15-7-8-16(22)20-17(15)23/h5-6,10,15H,1-4,7-9,11,19H2,(H,20,22,23). The van der Waals surface area contributed by atoms with Crippen molar-refractivity contribution in [2.75, 3.05) is 6.54 Å². The van der Waals surface area contributed by atoms with E-state index < -0.39 is 6.04 Å². The highest BCUT2D eigenvalue weighted by Crippen LogP contribution is 2.28. The molecule has 1 unspecified atom stereocenters. The third-order valence-electron chi connectivity index (χ3n) is 4.76. The number of aryl methyl sites for hydroxylation is 1. The van der Waals surface area contributed by atoms with Crippen molar-refractivity contribution in [1.82, 2.24) is 10.2 Å². The number of nitrogens with zero attached hydrogens (tertiary/aromatic N) is 1. The molecule has 2 aliphatic rings. The molecule has 24 heavy (non-hydrogen) atoms. The molecule has 2 aliphatic heterocycles. The Labute approximate surface area is 141 Å². The molecule has 1 aromatic rings. The summed E-state index contributed by atoms with van der Waals surface area (Å²) < 4.78 is 0. The predicted octanol–water partition coefficient (Wildman–Crippen LogP) is 1.12. The molecule has 2 heterocycles. The number of hydrogen-bond acceptors (Lipinski definition) is 4. The van der Waals surface area contributed by atoms with Gasteiger partial charge in [0.05, 0.1) is 0 Å². The summed E-state index contributed by atoms with van der Waals surface area (Å²) in [5.74, 6) is -0.747. The number of unbranched alkanes of at least 4 members (excludes halogenated alkanes) is 2. The fourth-order valence-electron chi connectivity index (χ4n) is 3.43. The largest absolute Gasteiger partial charge is 0.330 e. The SMILES string of the molecule is NCCCCCc1ccc2c(c1)CN(C1CCC(=O)NC1=O)C2=O. The van der Waals surface area contributed by atoms with Crippen LogP contribution < -0.4 is 11.1 Å². The molecule has 128 valence electrons. The Morgan fingerprint density at radius 1 is 1.17 bits per heavy atom. The molecule has 0 saturated carbocycles. The Bertz CT molecular complexity index is 671. The second-order valence-corrected chi connectivity index (χ2v) is 6.49. The predicted molar refractivity (Wildman–Crippen MR) is 89.1 cm³/mol. The zero-order valence-corrected chi connectivity index (χ0v) is 13.7. The number of benzene rings is 1. The van der Waals surface area contributed by atoms with Gasteiger partial charge in [-0.15, -0.1) is 0 Å². The first-order valence-corrected chi connectivity index (χ1v) is 8.56. The highest BCUT2D eigenvalue weighted by atomic mass is 16.2. The van der Waals surface area contributed by atoms with E-state index in [0.29, 0.717) is 18.5 Å². The van der Waals surface area contributed by atoms with Gasteiger partial charge in [0.15, 0.2) is 0 Å². The monoisotopic (exact) mass is 329 g/mol. The van der Waals surface area contributed by atoms with Crippen LogP contribution in [0.4, 0.5) is 0 Å². The first-order valence-electron chi connectivity index (χ1n) is 8.56. The van der Waals surface area contributed by atoms with E-state index in [1.165, 1.54) is 5.56 Å². The van der Waals surface area contributed by atoms with Crippen LogP contribution in [0.2, 0.25) is 0 Å². The number of nitrogens with one attached hydrogen (secondary N) is 1. The first kappa shape index (κ1) is 16.6. The minimum Gasteiger partial charge on any atom is -0.330 e. The molecular weight excluding hydrogens is 306 g/mol. The third-order valence-corrected chi connectivity index (χ3v) is 4.76. The molecule has 1 aromatic carbocycles. The van der Waals surface area contributed by atoms with Crippen LogP contribution in [0, 0.1) is 0 Å². The van der Waals surface area contributed by atoms with Gasteiger partial charge in [0.2, 0.25) is 11.8 Å². The van der Waals surface area contributed by atoms with Gasteiger partial charge >= 0.3 is 0 Å². The number of fused-ring (bicyclic) bond motifs is 1. The summed E-state index contributed by atoms with van der Waals surface area (Å²) in [6.07, 6.45) is 4.88. The van der Waals surface area contributed by atoms with Gasteiger partial charge in [-0.3, -0.25) is 19.7 Å². The summed E-state index contributed by atoms with van der Waals surface area (Å²) in [5.41, 5.74) is 8.36. The fourth-order valence-corrected chi connectivity index (χ4v) is 3.43. The molecule has 3 amide bonds. The quantitative estimate of drug-likeness (QED) is 0.604. The van der Waals surface area contributed by atoms with Crippen molar-refractivity contribution in [3.63, 3.8) is 0 Å². The van der Waals surface area contributed by atoms with Crippen LogP contribution in [-0.2, 0) is 22.6 Å². The Balaban J connectivity index is 1.68. The summed E-state index contributed by atoms with van der Waals surface area (Å²) in [7, 11) is 0. The van der Waals surface area contributed by atoms with Gasteiger partial charge in [0.25, 0.3) is 5.91 Å². The van der Waals surface area contributed by atoms with Gasteiger partial charge in [0.1, 0.15) is 6.04 Å². The van der Waals surface area contributed by atoms with Crippen LogP contribution in [0.1, 0.15) is 53.6 Å². The highest BCUT2D eigenvalue weighted by molar-refractivity contribution is 6.05. The molecule has 3 rings (SSSR count). The Morgan fingerprint density at radius 3 is 2.75 bits per heavy atom. The van der Waals surface area contributed by atoms with E-state index in [2.05, 4.69) is 11.4 Å². The van der Waals surface area contributed by atoms with Gasteiger partial charge in [-0.05, 0) is 49.4 Å². The van der Waals surface area contributed by atoms with Crippen LogP contribution in [0.5, 0.6) is 0 Å². The maximum absolute atomic E-state index is 12.6. The topological polar surface area (TPSA) is 92.5 Å². The molecular formula is C18H23N3O3. The molecule has 1 atom stereocenters. The van der Waals surface area contributed by atoms with Crippen LogP contribution >= 0.6 is 0 Å². The average molecular weight is 329 g/mol. The zero-order chi connectivity index (χ0) is 17.1. The molecule has 3 N–H and O–H groups in total. The molecule has 0 aliphatic carbocycles. The summed E-state index contributed by atoms with van der Waals surface area (Å²) in [6.45, 7) is 1.16. The zero-order valence-electron chi connectivity index (χ0n) is 13.7. The van der Waals surface area contributed by atoms with E-state index >= 15 is 0 Å². The maximum Gasteiger partial charge on any atom is 0.255 e. The van der Waals surface area contributed by atoms with E-state index in [-0.39, 0.29) is 24.1 Å². The summed E-state index contributed by atoms with van der Waals surface area (Å²) in [4.78, 5) is 37.5. The van der Waals surface area contributed by atoms with Gasteiger partial charge < -0.3 is 10.6 Å². The number of nitrogens with two attached hydrogens (primary N) is 1. The van der Waals surface area contributed by atoms with Crippen molar-refractivity contribution < 1.29 is 14.4 Å². The van der Waals surface area contributed by atoms with Gasteiger partial charge in [-0.25, -0.2) is 0 Å². The van der Waals surface area contributed by atoms with Crippen molar-refractivity contribution in [3.8, 4) is 0 Å². The number of imide groups is 1. The van der Waals surface area contributed by atoms with E-state index in [0.717, 1.165) is 37.8 Å². The van der Waals surface area contributed by atoms with Gasteiger partial charge in [0, 0.05) is 18.5 Å². The van der Waals surface area contributed by atoms with E-state index in [4.69, 9.17) is 5.73 Å². The number of amides is 3. The smallest absolute Gasteiger partial charge is 0.255 e. The first-order chi connectivity index (χ1) is 11.6. The van der Waals surface area contributed by atoms with Crippen LogP contribution in [0.25, 0.3) is 0 Å².